The minimum Gasteiger partial charge on any atom is -0.347 e. The van der Waals surface area contributed by atoms with Crippen LogP contribution in [-0.4, -0.2) is 11.4 Å². The molecule has 1 N–H and O–H groups in total. The highest BCUT2D eigenvalue weighted by Gasteiger charge is 2.38. The lowest BCUT2D eigenvalue weighted by Gasteiger charge is -2.26. The van der Waals surface area contributed by atoms with Crippen LogP contribution >= 0.6 is 0 Å². The Morgan fingerprint density at radius 1 is 1.35 bits per heavy atom. The van der Waals surface area contributed by atoms with E-state index in [9.17, 15) is 4.79 Å². The topological polar surface area (TPSA) is 52.9 Å². The molecule has 0 bridgehead atoms. The third-order valence-corrected chi connectivity index (χ3v) is 3.31. The molecule has 3 heteroatoms. The van der Waals surface area contributed by atoms with E-state index in [4.69, 9.17) is 5.26 Å². The SMILES string of the molecule is CC(C)(NC(=O)c1ccc(C#N)cc1)C1CC1. The number of rotatable bonds is 3. The largest absolute Gasteiger partial charge is 0.347 e. The van der Waals surface area contributed by atoms with Gasteiger partial charge < -0.3 is 5.32 Å². The van der Waals surface area contributed by atoms with Gasteiger partial charge in [0.2, 0.25) is 0 Å². The summed E-state index contributed by atoms with van der Waals surface area (Å²) in [5.74, 6) is 0.538. The van der Waals surface area contributed by atoms with Gasteiger partial charge >= 0.3 is 0 Å². The summed E-state index contributed by atoms with van der Waals surface area (Å²) in [4.78, 5) is 12.0. The van der Waals surface area contributed by atoms with E-state index in [0.29, 0.717) is 17.0 Å². The van der Waals surface area contributed by atoms with Gasteiger partial charge in [-0.15, -0.1) is 0 Å². The Morgan fingerprint density at radius 3 is 2.41 bits per heavy atom. The second kappa shape index (κ2) is 4.21. The molecule has 0 unspecified atom stereocenters. The second-order valence-corrected chi connectivity index (χ2v) is 5.14. The van der Waals surface area contributed by atoms with E-state index in [1.807, 2.05) is 6.07 Å². The first-order valence-corrected chi connectivity index (χ1v) is 5.85. The fourth-order valence-electron chi connectivity index (χ4n) is 1.97. The van der Waals surface area contributed by atoms with Crippen molar-refractivity contribution in [1.82, 2.24) is 5.32 Å². The van der Waals surface area contributed by atoms with E-state index in [1.165, 1.54) is 12.8 Å². The number of benzene rings is 1. The van der Waals surface area contributed by atoms with Crippen LogP contribution in [0.25, 0.3) is 0 Å². The summed E-state index contributed by atoms with van der Waals surface area (Å²) in [6.45, 7) is 4.12. The van der Waals surface area contributed by atoms with E-state index in [-0.39, 0.29) is 11.4 Å². The highest BCUT2D eigenvalue weighted by atomic mass is 16.1. The van der Waals surface area contributed by atoms with Gasteiger partial charge in [0.15, 0.2) is 0 Å². The quantitative estimate of drug-likeness (QED) is 0.864. The molecule has 17 heavy (non-hydrogen) atoms. The summed E-state index contributed by atoms with van der Waals surface area (Å²) >= 11 is 0. The van der Waals surface area contributed by atoms with Crippen molar-refractivity contribution in [3.8, 4) is 6.07 Å². The van der Waals surface area contributed by atoms with Crippen LogP contribution in [0.1, 0.15) is 42.6 Å². The van der Waals surface area contributed by atoms with Gasteiger partial charge in [0, 0.05) is 11.1 Å². The normalized spacial score (nSPS) is 15.1. The second-order valence-electron chi connectivity index (χ2n) is 5.14. The lowest BCUT2D eigenvalue weighted by molar-refractivity contribution is 0.0903. The number of nitriles is 1. The molecule has 0 aromatic heterocycles. The molecule has 0 saturated heterocycles. The Bertz CT molecular complexity index is 464. The summed E-state index contributed by atoms with van der Waals surface area (Å²) in [5, 5.41) is 11.7. The van der Waals surface area contributed by atoms with Gasteiger partial charge in [-0.05, 0) is 56.9 Å². The number of nitrogens with one attached hydrogen (secondary N) is 1. The van der Waals surface area contributed by atoms with E-state index in [2.05, 4.69) is 19.2 Å². The number of nitrogens with zero attached hydrogens (tertiary/aromatic N) is 1. The number of hydrogen-bond acceptors (Lipinski definition) is 2. The van der Waals surface area contributed by atoms with Crippen molar-refractivity contribution in [3.63, 3.8) is 0 Å². The molecule has 1 amide bonds. The molecule has 88 valence electrons. The lowest BCUT2D eigenvalue weighted by atomic mass is 9.98. The molecular weight excluding hydrogens is 212 g/mol. The number of hydrogen-bond donors (Lipinski definition) is 1. The summed E-state index contributed by atoms with van der Waals surface area (Å²) in [6.07, 6.45) is 2.39. The van der Waals surface area contributed by atoms with Crippen LogP contribution in [0, 0.1) is 17.2 Å². The zero-order valence-electron chi connectivity index (χ0n) is 10.2. The van der Waals surface area contributed by atoms with E-state index < -0.39 is 0 Å². The molecule has 1 aliphatic rings. The third kappa shape index (κ3) is 2.65. The van der Waals surface area contributed by atoms with Crippen molar-refractivity contribution in [2.24, 2.45) is 5.92 Å². The fourth-order valence-corrected chi connectivity index (χ4v) is 1.97. The maximum atomic E-state index is 12.0. The molecule has 0 radical (unpaired) electrons. The first kappa shape index (κ1) is 11.7. The Balaban J connectivity index is 2.06. The van der Waals surface area contributed by atoms with Gasteiger partial charge in [-0.1, -0.05) is 0 Å². The van der Waals surface area contributed by atoms with Crippen molar-refractivity contribution in [2.45, 2.75) is 32.2 Å². The van der Waals surface area contributed by atoms with E-state index in [1.54, 1.807) is 24.3 Å². The molecular formula is C14H16N2O. The van der Waals surface area contributed by atoms with Crippen LogP contribution in [0.2, 0.25) is 0 Å². The van der Waals surface area contributed by atoms with E-state index >= 15 is 0 Å². The molecule has 0 spiro atoms. The van der Waals surface area contributed by atoms with E-state index in [0.717, 1.165) is 0 Å². The Kier molecular flexibility index (Phi) is 2.89. The molecule has 1 aliphatic carbocycles. The van der Waals surface area contributed by atoms with Crippen molar-refractivity contribution in [3.05, 3.63) is 35.4 Å². The smallest absolute Gasteiger partial charge is 0.251 e. The Labute approximate surface area is 101 Å². The van der Waals surface area contributed by atoms with Gasteiger partial charge in [-0.2, -0.15) is 5.26 Å². The lowest BCUT2D eigenvalue weighted by Crippen LogP contribution is -2.45. The van der Waals surface area contributed by atoms with Crippen LogP contribution in [0.4, 0.5) is 0 Å². The first-order chi connectivity index (χ1) is 8.03. The molecule has 1 saturated carbocycles. The highest BCUT2D eigenvalue weighted by molar-refractivity contribution is 5.94. The minimum absolute atomic E-state index is 0.0635. The number of carbonyl (C=O) groups is 1. The summed E-state index contributed by atoms with van der Waals surface area (Å²) in [7, 11) is 0. The van der Waals surface area contributed by atoms with Crippen LogP contribution < -0.4 is 5.32 Å². The molecule has 1 aromatic rings. The van der Waals surface area contributed by atoms with Crippen molar-refractivity contribution >= 4 is 5.91 Å². The average Bonchev–Trinajstić information content (AvgIpc) is 3.12. The van der Waals surface area contributed by atoms with Crippen LogP contribution in [0.3, 0.4) is 0 Å². The average molecular weight is 228 g/mol. The Morgan fingerprint density at radius 2 is 1.94 bits per heavy atom. The molecule has 1 fully saturated rings. The minimum atomic E-state index is -0.134. The van der Waals surface area contributed by atoms with Crippen LogP contribution in [0.15, 0.2) is 24.3 Å². The maximum Gasteiger partial charge on any atom is 0.251 e. The summed E-state index contributed by atoms with van der Waals surface area (Å²) in [6, 6.07) is 8.75. The van der Waals surface area contributed by atoms with Crippen LogP contribution in [0.5, 0.6) is 0 Å². The maximum absolute atomic E-state index is 12.0. The van der Waals surface area contributed by atoms with Crippen molar-refractivity contribution in [1.29, 1.82) is 5.26 Å². The first-order valence-electron chi connectivity index (χ1n) is 5.85. The van der Waals surface area contributed by atoms with Gasteiger partial charge in [0.1, 0.15) is 0 Å². The molecule has 0 aliphatic heterocycles. The molecule has 0 heterocycles. The van der Waals surface area contributed by atoms with Gasteiger partial charge in [0.05, 0.1) is 11.6 Å². The zero-order valence-corrected chi connectivity index (χ0v) is 10.2. The Hall–Kier alpha value is -1.82. The van der Waals surface area contributed by atoms with Crippen molar-refractivity contribution in [2.75, 3.05) is 0 Å². The number of amides is 1. The van der Waals surface area contributed by atoms with Gasteiger partial charge in [-0.25, -0.2) is 0 Å². The van der Waals surface area contributed by atoms with Gasteiger partial charge in [-0.3, -0.25) is 4.79 Å². The van der Waals surface area contributed by atoms with Gasteiger partial charge in [0.25, 0.3) is 5.91 Å². The predicted molar refractivity (Wildman–Crippen MR) is 65.4 cm³/mol. The number of carbonyl (C=O) groups excluding carboxylic acids is 1. The summed E-state index contributed by atoms with van der Waals surface area (Å²) < 4.78 is 0. The monoisotopic (exact) mass is 228 g/mol. The molecule has 0 atom stereocenters. The fraction of sp³-hybridized carbons (Fsp3) is 0.429. The highest BCUT2D eigenvalue weighted by Crippen LogP contribution is 2.39. The summed E-state index contributed by atoms with van der Waals surface area (Å²) in [5.41, 5.74) is 1.05. The van der Waals surface area contributed by atoms with Crippen LogP contribution in [-0.2, 0) is 0 Å². The molecule has 3 nitrogen and oxygen atoms in total. The standard InChI is InChI=1S/C14H16N2O/c1-14(2,12-7-8-12)16-13(17)11-5-3-10(9-15)4-6-11/h3-6,12H,7-8H2,1-2H3,(H,16,17). The molecule has 2 rings (SSSR count). The van der Waals surface area contributed by atoms with Crippen molar-refractivity contribution < 1.29 is 4.79 Å². The zero-order chi connectivity index (χ0) is 12.5. The molecule has 1 aromatic carbocycles. The third-order valence-electron chi connectivity index (χ3n) is 3.31. The predicted octanol–water partition coefficient (Wildman–Crippen LogP) is 2.48.